The topological polar surface area (TPSA) is 64.9 Å². The van der Waals surface area contributed by atoms with Gasteiger partial charge in [-0.25, -0.2) is 0 Å². The molecular formula is C9H9N3O. The molecule has 13 heavy (non-hydrogen) atoms. The van der Waals surface area contributed by atoms with Crippen molar-refractivity contribution in [2.24, 2.45) is 0 Å². The normalized spacial score (nSPS) is 10.2. The van der Waals surface area contributed by atoms with Gasteiger partial charge in [0.25, 0.3) is 0 Å². The van der Waals surface area contributed by atoms with Crippen LogP contribution in [0.1, 0.15) is 5.56 Å². The van der Waals surface area contributed by atoms with Gasteiger partial charge in [0.1, 0.15) is 5.69 Å². The van der Waals surface area contributed by atoms with E-state index in [0.717, 1.165) is 11.1 Å². The second-order valence-corrected chi connectivity index (χ2v) is 2.87. The van der Waals surface area contributed by atoms with Crippen molar-refractivity contribution in [3.63, 3.8) is 0 Å². The predicted octanol–water partition coefficient (Wildman–Crippen LogP) is 1.63. The third-order valence-corrected chi connectivity index (χ3v) is 1.70. The van der Waals surface area contributed by atoms with Gasteiger partial charge >= 0.3 is 0 Å². The predicted molar refractivity (Wildman–Crippen MR) is 48.9 cm³/mol. The molecule has 0 saturated carbocycles. The van der Waals surface area contributed by atoms with Gasteiger partial charge in [-0.05, 0) is 18.6 Å². The van der Waals surface area contributed by atoms with Crippen LogP contribution in [0.15, 0.2) is 29.0 Å². The quantitative estimate of drug-likeness (QED) is 0.715. The largest absolute Gasteiger partial charge is 0.368 e. The number of nitrogen functional groups attached to an aromatic ring is 1. The number of pyridine rings is 1. The zero-order valence-electron chi connectivity index (χ0n) is 7.19. The van der Waals surface area contributed by atoms with Gasteiger partial charge in [-0.1, -0.05) is 5.16 Å². The first-order valence-electron chi connectivity index (χ1n) is 3.90. The number of nitrogens with two attached hydrogens (primary N) is 1. The molecule has 0 radical (unpaired) electrons. The van der Waals surface area contributed by atoms with Crippen molar-refractivity contribution < 1.29 is 4.52 Å². The summed E-state index contributed by atoms with van der Waals surface area (Å²) < 4.78 is 4.76. The van der Waals surface area contributed by atoms with E-state index in [4.69, 9.17) is 10.3 Å². The van der Waals surface area contributed by atoms with Crippen LogP contribution in [0.2, 0.25) is 0 Å². The van der Waals surface area contributed by atoms with Crippen LogP contribution in [0.4, 0.5) is 5.88 Å². The van der Waals surface area contributed by atoms with Gasteiger partial charge in [-0.3, -0.25) is 4.98 Å². The highest BCUT2D eigenvalue weighted by molar-refractivity contribution is 5.60. The Morgan fingerprint density at radius 3 is 2.77 bits per heavy atom. The van der Waals surface area contributed by atoms with Gasteiger partial charge in [0.2, 0.25) is 5.88 Å². The van der Waals surface area contributed by atoms with Crippen LogP contribution in [0.5, 0.6) is 0 Å². The number of hydrogen-bond acceptors (Lipinski definition) is 4. The molecule has 2 aromatic heterocycles. The van der Waals surface area contributed by atoms with Gasteiger partial charge in [0.05, 0.1) is 0 Å². The standard InChI is InChI=1S/C9H9N3O/c1-6-2-7(5-11-4-6)8-3-9(10)13-12-8/h2-5H,10H2,1H3. The van der Waals surface area contributed by atoms with Gasteiger partial charge in [0, 0.05) is 24.0 Å². The van der Waals surface area contributed by atoms with Gasteiger partial charge in [0.15, 0.2) is 0 Å². The Hall–Kier alpha value is -1.84. The Morgan fingerprint density at radius 1 is 1.31 bits per heavy atom. The van der Waals surface area contributed by atoms with Crippen molar-refractivity contribution in [1.82, 2.24) is 10.1 Å². The Labute approximate surface area is 75.4 Å². The minimum absolute atomic E-state index is 0.316. The summed E-state index contributed by atoms with van der Waals surface area (Å²) in [4.78, 5) is 4.05. The zero-order chi connectivity index (χ0) is 9.26. The Balaban J connectivity index is 2.46. The van der Waals surface area contributed by atoms with Crippen LogP contribution in [0, 0.1) is 6.92 Å². The molecule has 2 N–H and O–H groups in total. The molecule has 0 unspecified atom stereocenters. The van der Waals surface area contributed by atoms with Crippen molar-refractivity contribution in [1.29, 1.82) is 0 Å². The van der Waals surface area contributed by atoms with Gasteiger partial charge < -0.3 is 10.3 Å². The van der Waals surface area contributed by atoms with E-state index in [9.17, 15) is 0 Å². The first kappa shape index (κ1) is 7.79. The van der Waals surface area contributed by atoms with E-state index >= 15 is 0 Å². The molecule has 0 aliphatic carbocycles. The molecule has 2 aromatic rings. The highest BCUT2D eigenvalue weighted by Gasteiger charge is 2.03. The zero-order valence-corrected chi connectivity index (χ0v) is 7.19. The molecule has 2 heterocycles. The van der Waals surface area contributed by atoms with E-state index in [-0.39, 0.29) is 0 Å². The first-order valence-corrected chi connectivity index (χ1v) is 3.90. The molecule has 4 heteroatoms. The summed E-state index contributed by atoms with van der Waals surface area (Å²) >= 11 is 0. The van der Waals surface area contributed by atoms with Crippen molar-refractivity contribution in [3.8, 4) is 11.3 Å². The van der Waals surface area contributed by atoms with Crippen LogP contribution in [0.3, 0.4) is 0 Å². The number of rotatable bonds is 1. The van der Waals surface area contributed by atoms with Crippen molar-refractivity contribution in [3.05, 3.63) is 30.1 Å². The number of aromatic nitrogens is 2. The Morgan fingerprint density at radius 2 is 2.15 bits per heavy atom. The minimum Gasteiger partial charge on any atom is -0.368 e. The van der Waals surface area contributed by atoms with Crippen molar-refractivity contribution >= 4 is 5.88 Å². The molecule has 0 atom stereocenters. The number of nitrogens with zero attached hydrogens (tertiary/aromatic N) is 2. The fourth-order valence-corrected chi connectivity index (χ4v) is 1.12. The van der Waals surface area contributed by atoms with Crippen LogP contribution in [-0.4, -0.2) is 10.1 Å². The van der Waals surface area contributed by atoms with E-state index in [0.29, 0.717) is 11.6 Å². The molecule has 2 rings (SSSR count). The fourth-order valence-electron chi connectivity index (χ4n) is 1.12. The molecule has 0 spiro atoms. The second kappa shape index (κ2) is 2.90. The van der Waals surface area contributed by atoms with Crippen molar-refractivity contribution in [2.45, 2.75) is 6.92 Å². The van der Waals surface area contributed by atoms with Crippen molar-refractivity contribution in [2.75, 3.05) is 5.73 Å². The second-order valence-electron chi connectivity index (χ2n) is 2.87. The summed E-state index contributed by atoms with van der Waals surface area (Å²) in [6.07, 6.45) is 3.51. The molecule has 66 valence electrons. The molecule has 0 fully saturated rings. The van der Waals surface area contributed by atoms with E-state index < -0.39 is 0 Å². The highest BCUT2D eigenvalue weighted by Crippen LogP contribution is 2.19. The summed E-state index contributed by atoms with van der Waals surface area (Å²) in [6, 6.07) is 3.65. The maximum atomic E-state index is 5.40. The average Bonchev–Trinajstić information content (AvgIpc) is 2.52. The highest BCUT2D eigenvalue weighted by atomic mass is 16.5. The molecule has 4 nitrogen and oxygen atoms in total. The third kappa shape index (κ3) is 1.51. The molecule has 0 saturated heterocycles. The van der Waals surface area contributed by atoms with E-state index in [1.807, 2.05) is 13.0 Å². The lowest BCUT2D eigenvalue weighted by molar-refractivity contribution is 0.439. The third-order valence-electron chi connectivity index (χ3n) is 1.70. The van der Waals surface area contributed by atoms with Crippen LogP contribution in [-0.2, 0) is 0 Å². The molecule has 0 aliphatic heterocycles. The molecular weight excluding hydrogens is 166 g/mol. The number of anilines is 1. The lowest BCUT2D eigenvalue weighted by Gasteiger charge is -1.94. The summed E-state index contributed by atoms with van der Waals surface area (Å²) in [5.41, 5.74) is 8.12. The monoisotopic (exact) mass is 175 g/mol. The summed E-state index contributed by atoms with van der Waals surface area (Å²) in [5.74, 6) is 0.316. The molecule has 0 aliphatic rings. The van der Waals surface area contributed by atoms with Gasteiger partial charge in [-0.2, -0.15) is 0 Å². The average molecular weight is 175 g/mol. The number of hydrogen-bond donors (Lipinski definition) is 1. The Kier molecular flexibility index (Phi) is 1.73. The molecule has 0 bridgehead atoms. The molecule has 0 amide bonds. The maximum absolute atomic E-state index is 5.40. The van der Waals surface area contributed by atoms with E-state index in [1.54, 1.807) is 18.5 Å². The first-order chi connectivity index (χ1) is 6.25. The smallest absolute Gasteiger partial charge is 0.222 e. The molecule has 0 aromatic carbocycles. The van der Waals surface area contributed by atoms with E-state index in [1.165, 1.54) is 0 Å². The summed E-state index contributed by atoms with van der Waals surface area (Å²) in [5, 5.41) is 3.79. The van der Waals surface area contributed by atoms with Gasteiger partial charge in [-0.15, -0.1) is 0 Å². The lowest BCUT2D eigenvalue weighted by Crippen LogP contribution is -1.81. The number of aryl methyl sites for hydroxylation is 1. The van der Waals surface area contributed by atoms with E-state index in [2.05, 4.69) is 10.1 Å². The SMILES string of the molecule is Cc1cncc(-c2cc(N)on2)c1. The Bertz CT molecular complexity index is 422. The van der Waals surface area contributed by atoms with Crippen LogP contribution < -0.4 is 5.73 Å². The summed E-state index contributed by atoms with van der Waals surface area (Å²) in [7, 11) is 0. The maximum Gasteiger partial charge on any atom is 0.222 e. The van der Waals surface area contributed by atoms with Crippen LogP contribution in [0.25, 0.3) is 11.3 Å². The minimum atomic E-state index is 0.316. The van der Waals surface area contributed by atoms with Crippen LogP contribution >= 0.6 is 0 Å². The lowest BCUT2D eigenvalue weighted by atomic mass is 10.2. The summed E-state index contributed by atoms with van der Waals surface area (Å²) in [6.45, 7) is 1.97. The fraction of sp³-hybridized carbons (Fsp3) is 0.111.